The molecule has 0 N–H and O–H groups in total. The number of benzene rings is 2. The monoisotopic (exact) mass is 506 g/mol. The van der Waals surface area contributed by atoms with E-state index in [0.29, 0.717) is 34.1 Å². The maximum absolute atomic E-state index is 12.9. The summed E-state index contributed by atoms with van der Waals surface area (Å²) in [6.07, 6.45) is -4.75. The van der Waals surface area contributed by atoms with Crippen molar-refractivity contribution in [1.29, 1.82) is 0 Å². The molecule has 0 aliphatic rings. The molecule has 0 saturated heterocycles. The number of hydrogen-bond acceptors (Lipinski definition) is 5. The summed E-state index contributed by atoms with van der Waals surface area (Å²) in [6, 6.07) is 13.3. The van der Waals surface area contributed by atoms with E-state index in [1.807, 2.05) is 0 Å². The van der Waals surface area contributed by atoms with Gasteiger partial charge < -0.3 is 18.3 Å². The van der Waals surface area contributed by atoms with Crippen LogP contribution in [0.2, 0.25) is 18.1 Å². The Balaban J connectivity index is 1.80. The van der Waals surface area contributed by atoms with Crippen molar-refractivity contribution in [3.05, 3.63) is 76.3 Å². The molecule has 35 heavy (non-hydrogen) atoms. The molecule has 2 aromatic carbocycles. The van der Waals surface area contributed by atoms with Crippen LogP contribution in [0, 0.1) is 6.92 Å². The first-order valence-electron chi connectivity index (χ1n) is 11.1. The van der Waals surface area contributed by atoms with E-state index < -0.39 is 14.7 Å². The molecule has 0 aliphatic heterocycles. The molecule has 0 amide bonds. The van der Waals surface area contributed by atoms with Gasteiger partial charge in [-0.25, -0.2) is 0 Å². The van der Waals surface area contributed by atoms with Crippen LogP contribution in [0.5, 0.6) is 17.2 Å². The van der Waals surface area contributed by atoms with Crippen LogP contribution in [0.4, 0.5) is 13.2 Å². The third kappa shape index (κ3) is 6.99. The Morgan fingerprint density at radius 2 is 1.40 bits per heavy atom. The fourth-order valence-electron chi connectivity index (χ4n) is 3.07. The fraction of sp³-hybridized carbons (Fsp3) is 0.346. The van der Waals surface area contributed by atoms with Crippen LogP contribution in [0.1, 0.15) is 32.3 Å². The molecular weight excluding hydrogens is 477 g/mol. The molecule has 1 aromatic heterocycles. The van der Waals surface area contributed by atoms with Gasteiger partial charge in [0.15, 0.2) is 13.7 Å². The maximum atomic E-state index is 12.9. The average molecular weight is 507 g/mol. The molecule has 0 radical (unpaired) electrons. The van der Waals surface area contributed by atoms with E-state index in [2.05, 4.69) is 38.6 Å². The van der Waals surface area contributed by atoms with Gasteiger partial charge >= 0.3 is 6.36 Å². The average Bonchev–Trinajstić information content (AvgIpc) is 2.72. The second kappa shape index (κ2) is 9.91. The minimum atomic E-state index is -4.75. The molecule has 188 valence electrons. The summed E-state index contributed by atoms with van der Waals surface area (Å²) in [5.74, 6) is 1.43. The molecule has 0 atom stereocenters. The van der Waals surface area contributed by atoms with Crippen LogP contribution in [0.25, 0.3) is 11.1 Å². The minimum Gasteiger partial charge on any atom is -0.463 e. The highest BCUT2D eigenvalue weighted by molar-refractivity contribution is 6.74. The van der Waals surface area contributed by atoms with E-state index in [4.69, 9.17) is 13.6 Å². The van der Waals surface area contributed by atoms with Crippen molar-refractivity contribution in [2.24, 2.45) is 0 Å². The first-order valence-corrected chi connectivity index (χ1v) is 14.0. The Morgan fingerprint density at radius 1 is 0.886 bits per heavy atom. The highest BCUT2D eigenvalue weighted by Crippen LogP contribution is 2.38. The number of alkyl halides is 3. The van der Waals surface area contributed by atoms with Crippen molar-refractivity contribution in [2.45, 2.75) is 58.8 Å². The van der Waals surface area contributed by atoms with Gasteiger partial charge in [0.25, 0.3) is 0 Å². The zero-order valence-corrected chi connectivity index (χ0v) is 21.6. The molecule has 0 saturated carbocycles. The Labute approximate surface area is 203 Å². The number of ether oxygens (including phenoxy) is 2. The largest absolute Gasteiger partial charge is 0.573 e. The topological polar surface area (TPSA) is 57.9 Å². The predicted molar refractivity (Wildman–Crippen MR) is 130 cm³/mol. The van der Waals surface area contributed by atoms with Crippen molar-refractivity contribution >= 4 is 8.32 Å². The molecule has 3 rings (SSSR count). The summed E-state index contributed by atoms with van der Waals surface area (Å²) < 4.78 is 58.7. The lowest BCUT2D eigenvalue weighted by molar-refractivity contribution is -0.274. The van der Waals surface area contributed by atoms with Crippen LogP contribution in [-0.4, -0.2) is 14.7 Å². The highest BCUT2D eigenvalue weighted by atomic mass is 28.4. The molecule has 0 unspecified atom stereocenters. The molecule has 3 aromatic rings. The van der Waals surface area contributed by atoms with Gasteiger partial charge in [0.2, 0.25) is 0 Å². The van der Waals surface area contributed by atoms with Crippen LogP contribution in [0.15, 0.2) is 63.8 Å². The van der Waals surface area contributed by atoms with E-state index in [0.717, 1.165) is 0 Å². The molecule has 1 heterocycles. The van der Waals surface area contributed by atoms with E-state index in [1.54, 1.807) is 31.2 Å². The molecule has 5 nitrogen and oxygen atoms in total. The van der Waals surface area contributed by atoms with Crippen molar-refractivity contribution < 1.29 is 31.5 Å². The molecule has 0 fully saturated rings. The van der Waals surface area contributed by atoms with Crippen LogP contribution < -0.4 is 14.9 Å². The summed E-state index contributed by atoms with van der Waals surface area (Å²) in [4.78, 5) is 12.9. The third-order valence-electron chi connectivity index (χ3n) is 5.95. The van der Waals surface area contributed by atoms with Gasteiger partial charge in [0.1, 0.15) is 28.8 Å². The number of rotatable bonds is 7. The van der Waals surface area contributed by atoms with E-state index in [9.17, 15) is 18.0 Å². The van der Waals surface area contributed by atoms with Crippen molar-refractivity contribution in [3.63, 3.8) is 0 Å². The molecule has 9 heteroatoms. The SMILES string of the molecule is Cc1cc(=O)c(-c2ccc(Oc3ccc(OC(F)(F)F)cc3)cc2)c(CO[Si](C)(C)C(C)(C)C)o1. The van der Waals surface area contributed by atoms with Crippen LogP contribution in [0.3, 0.4) is 0 Å². The van der Waals surface area contributed by atoms with Gasteiger partial charge in [-0.15, -0.1) is 13.2 Å². The Kier molecular flexibility index (Phi) is 7.52. The summed E-state index contributed by atoms with van der Waals surface area (Å²) in [5.41, 5.74) is 0.903. The number of aryl methyl sites for hydroxylation is 1. The first-order chi connectivity index (χ1) is 16.1. The van der Waals surface area contributed by atoms with Crippen LogP contribution >= 0.6 is 0 Å². The molecule has 0 aliphatic carbocycles. The Hall–Kier alpha value is -3.04. The van der Waals surface area contributed by atoms with Gasteiger partial charge in [0.05, 0.1) is 12.2 Å². The van der Waals surface area contributed by atoms with E-state index in [1.165, 1.54) is 30.3 Å². The first kappa shape index (κ1) is 26.6. The minimum absolute atomic E-state index is 0.00728. The smallest absolute Gasteiger partial charge is 0.463 e. The van der Waals surface area contributed by atoms with Gasteiger partial charge in [0, 0.05) is 6.07 Å². The maximum Gasteiger partial charge on any atom is 0.573 e. The van der Waals surface area contributed by atoms with Gasteiger partial charge in [-0.1, -0.05) is 32.9 Å². The Morgan fingerprint density at radius 3 is 1.91 bits per heavy atom. The molecule has 0 spiro atoms. The normalized spacial score (nSPS) is 12.5. The Bertz CT molecular complexity index is 1210. The lowest BCUT2D eigenvalue weighted by Crippen LogP contribution is -2.40. The fourth-order valence-corrected chi connectivity index (χ4v) is 4.00. The van der Waals surface area contributed by atoms with Crippen molar-refractivity contribution in [3.8, 4) is 28.4 Å². The van der Waals surface area contributed by atoms with Crippen molar-refractivity contribution in [1.82, 2.24) is 0 Å². The lowest BCUT2D eigenvalue weighted by Gasteiger charge is -2.36. The lowest BCUT2D eigenvalue weighted by atomic mass is 10.0. The van der Waals surface area contributed by atoms with Crippen molar-refractivity contribution in [2.75, 3.05) is 0 Å². The quantitative estimate of drug-likeness (QED) is 0.306. The number of hydrogen-bond donors (Lipinski definition) is 0. The highest BCUT2D eigenvalue weighted by Gasteiger charge is 2.37. The van der Waals surface area contributed by atoms with Crippen LogP contribution in [-0.2, 0) is 11.0 Å². The summed E-state index contributed by atoms with van der Waals surface area (Å²) in [6.45, 7) is 12.6. The van der Waals surface area contributed by atoms with Gasteiger partial charge in [-0.3, -0.25) is 4.79 Å². The zero-order chi connectivity index (χ0) is 26.0. The van der Waals surface area contributed by atoms with Gasteiger partial charge in [-0.05, 0) is 67.0 Å². The number of halogens is 3. The zero-order valence-electron chi connectivity index (χ0n) is 20.6. The molecular formula is C26H29F3O5Si. The standard InChI is InChI=1S/C26H29F3O5Si/c1-17-15-22(30)24(23(32-17)16-31-35(5,6)25(2,3)4)18-7-9-19(10-8-18)33-20-11-13-21(14-12-20)34-26(27,28)29/h7-15H,16H2,1-6H3. The predicted octanol–water partition coefficient (Wildman–Crippen LogP) is 7.83. The second-order valence-corrected chi connectivity index (χ2v) is 14.5. The van der Waals surface area contributed by atoms with E-state index >= 15 is 0 Å². The van der Waals surface area contributed by atoms with Gasteiger partial charge in [-0.2, -0.15) is 0 Å². The summed E-state index contributed by atoms with van der Waals surface area (Å²) in [5, 5.41) is 0.00728. The summed E-state index contributed by atoms with van der Waals surface area (Å²) >= 11 is 0. The molecule has 0 bridgehead atoms. The second-order valence-electron chi connectivity index (χ2n) is 9.71. The summed E-state index contributed by atoms with van der Waals surface area (Å²) in [7, 11) is -2.07. The van der Waals surface area contributed by atoms with E-state index in [-0.39, 0.29) is 22.8 Å². The third-order valence-corrected chi connectivity index (χ3v) is 10.4.